The Morgan fingerprint density at radius 3 is 2.55 bits per heavy atom. The third-order valence-electron chi connectivity index (χ3n) is 6.20. The van der Waals surface area contributed by atoms with Crippen molar-refractivity contribution in [2.45, 2.75) is 85.3 Å². The summed E-state index contributed by atoms with van der Waals surface area (Å²) in [7, 11) is 0. The van der Waals surface area contributed by atoms with E-state index in [0.29, 0.717) is 16.9 Å². The van der Waals surface area contributed by atoms with Crippen LogP contribution in [0.5, 0.6) is 0 Å². The summed E-state index contributed by atoms with van der Waals surface area (Å²) in [6, 6.07) is 0.402. The second-order valence-corrected chi connectivity index (χ2v) is 8.73. The largest absolute Gasteiger partial charge is 0.391 e. The number of aliphatic hydroxyl groups excluding tert-OH is 1. The Balaban J connectivity index is 2.05. The van der Waals surface area contributed by atoms with E-state index < -0.39 is 0 Å². The Morgan fingerprint density at radius 2 is 1.95 bits per heavy atom. The molecule has 2 rings (SSSR count). The van der Waals surface area contributed by atoms with Gasteiger partial charge in [0.1, 0.15) is 0 Å². The van der Waals surface area contributed by atoms with Gasteiger partial charge in [0, 0.05) is 12.6 Å². The lowest BCUT2D eigenvalue weighted by atomic mass is 9.67. The van der Waals surface area contributed by atoms with Crippen molar-refractivity contribution >= 4 is 0 Å². The number of rotatable bonds is 3. The summed E-state index contributed by atoms with van der Waals surface area (Å²) >= 11 is 0. The Kier molecular flexibility index (Phi) is 4.86. The number of likely N-dealkylation sites (tertiary alicyclic amines) is 1. The summed E-state index contributed by atoms with van der Waals surface area (Å²) in [4.78, 5) is 2.60. The van der Waals surface area contributed by atoms with Crippen molar-refractivity contribution in [3.8, 4) is 0 Å². The molecular formula is C18H35NO. The zero-order chi connectivity index (χ0) is 15.0. The predicted molar refractivity (Wildman–Crippen MR) is 85.8 cm³/mol. The van der Waals surface area contributed by atoms with E-state index in [1.807, 2.05) is 0 Å². The molecule has 118 valence electrons. The second-order valence-electron chi connectivity index (χ2n) is 8.73. The molecule has 0 amide bonds. The number of hydrogen-bond donors (Lipinski definition) is 1. The maximum atomic E-state index is 10.5. The van der Waals surface area contributed by atoms with Gasteiger partial charge in [-0.3, -0.25) is 4.90 Å². The van der Waals surface area contributed by atoms with Crippen LogP contribution in [0.4, 0.5) is 0 Å². The maximum absolute atomic E-state index is 10.5. The lowest BCUT2D eigenvalue weighted by molar-refractivity contribution is -0.0442. The summed E-state index contributed by atoms with van der Waals surface area (Å²) in [5.41, 5.74) is 0.842. The first-order valence-corrected chi connectivity index (χ1v) is 8.67. The van der Waals surface area contributed by atoms with Crippen LogP contribution >= 0.6 is 0 Å². The molecule has 0 aromatic rings. The van der Waals surface area contributed by atoms with Crippen molar-refractivity contribution in [3.05, 3.63) is 0 Å². The first-order chi connectivity index (χ1) is 9.25. The minimum Gasteiger partial charge on any atom is -0.391 e. The molecule has 1 saturated carbocycles. The fraction of sp³-hybridized carbons (Fsp3) is 1.00. The van der Waals surface area contributed by atoms with E-state index in [2.05, 4.69) is 39.5 Å². The molecule has 3 atom stereocenters. The van der Waals surface area contributed by atoms with E-state index in [4.69, 9.17) is 0 Å². The van der Waals surface area contributed by atoms with Crippen LogP contribution in [0.1, 0.15) is 73.1 Å². The number of nitrogens with zero attached hydrogens (tertiary/aromatic N) is 1. The van der Waals surface area contributed by atoms with Crippen molar-refractivity contribution in [2.24, 2.45) is 16.7 Å². The van der Waals surface area contributed by atoms with Crippen LogP contribution in [0.2, 0.25) is 0 Å². The fourth-order valence-corrected chi connectivity index (χ4v) is 4.27. The van der Waals surface area contributed by atoms with E-state index >= 15 is 0 Å². The first-order valence-electron chi connectivity index (χ1n) is 8.67. The number of piperidine rings is 1. The summed E-state index contributed by atoms with van der Waals surface area (Å²) in [6.07, 6.45) is 7.15. The third-order valence-corrected chi connectivity index (χ3v) is 6.20. The van der Waals surface area contributed by atoms with Gasteiger partial charge in [0.05, 0.1) is 6.10 Å². The summed E-state index contributed by atoms with van der Waals surface area (Å²) in [6.45, 7) is 14.2. The average Bonchev–Trinajstić information content (AvgIpc) is 2.37. The van der Waals surface area contributed by atoms with E-state index in [9.17, 15) is 5.11 Å². The van der Waals surface area contributed by atoms with E-state index in [-0.39, 0.29) is 6.10 Å². The van der Waals surface area contributed by atoms with Gasteiger partial charge in [0.15, 0.2) is 0 Å². The molecule has 0 spiro atoms. The molecule has 0 aromatic carbocycles. The van der Waals surface area contributed by atoms with E-state index in [1.165, 1.54) is 38.6 Å². The molecule has 0 aromatic heterocycles. The predicted octanol–water partition coefficient (Wildman–Crippen LogP) is 4.07. The Morgan fingerprint density at radius 1 is 1.25 bits per heavy atom. The Labute approximate surface area is 125 Å². The quantitative estimate of drug-likeness (QED) is 0.843. The van der Waals surface area contributed by atoms with Gasteiger partial charge in [-0.15, -0.1) is 0 Å². The minimum atomic E-state index is -0.104. The highest BCUT2D eigenvalue weighted by molar-refractivity contribution is 4.94. The molecule has 2 aliphatic rings. The summed E-state index contributed by atoms with van der Waals surface area (Å²) < 4.78 is 0. The van der Waals surface area contributed by atoms with Gasteiger partial charge in [-0.25, -0.2) is 0 Å². The normalized spacial score (nSPS) is 36.0. The average molecular weight is 281 g/mol. The Hall–Kier alpha value is -0.0800. The standard InChI is InChI=1S/C18H35NO/c1-6-18(4,5)14-8-9-16(20)15(12-14)19-11-7-10-17(2,3)13-19/h14-16,20H,6-13H2,1-5H3. The molecule has 1 N–H and O–H groups in total. The smallest absolute Gasteiger partial charge is 0.0695 e. The summed E-state index contributed by atoms with van der Waals surface area (Å²) in [5.74, 6) is 0.769. The van der Waals surface area contributed by atoms with E-state index in [1.54, 1.807) is 0 Å². The van der Waals surface area contributed by atoms with Crippen molar-refractivity contribution in [1.82, 2.24) is 4.90 Å². The van der Waals surface area contributed by atoms with Crippen molar-refractivity contribution in [3.63, 3.8) is 0 Å². The van der Waals surface area contributed by atoms with Crippen molar-refractivity contribution < 1.29 is 5.11 Å². The fourth-order valence-electron chi connectivity index (χ4n) is 4.27. The van der Waals surface area contributed by atoms with Crippen LogP contribution in [0.15, 0.2) is 0 Å². The first kappa shape index (κ1) is 16.3. The molecule has 0 radical (unpaired) electrons. The minimum absolute atomic E-state index is 0.104. The SMILES string of the molecule is CCC(C)(C)C1CCC(O)C(N2CCCC(C)(C)C2)C1. The van der Waals surface area contributed by atoms with Crippen molar-refractivity contribution in [2.75, 3.05) is 13.1 Å². The van der Waals surface area contributed by atoms with E-state index in [0.717, 1.165) is 18.9 Å². The zero-order valence-electron chi connectivity index (χ0n) is 14.3. The van der Waals surface area contributed by atoms with Gasteiger partial charge < -0.3 is 5.11 Å². The van der Waals surface area contributed by atoms with Gasteiger partial charge in [-0.1, -0.05) is 41.0 Å². The van der Waals surface area contributed by atoms with Crippen LogP contribution < -0.4 is 0 Å². The highest BCUT2D eigenvalue weighted by atomic mass is 16.3. The highest BCUT2D eigenvalue weighted by Gasteiger charge is 2.41. The molecule has 0 bridgehead atoms. The topological polar surface area (TPSA) is 23.5 Å². The monoisotopic (exact) mass is 281 g/mol. The molecule has 20 heavy (non-hydrogen) atoms. The zero-order valence-corrected chi connectivity index (χ0v) is 14.3. The van der Waals surface area contributed by atoms with Gasteiger partial charge in [0.25, 0.3) is 0 Å². The Bertz CT molecular complexity index is 323. The molecule has 3 unspecified atom stereocenters. The molecule has 2 fully saturated rings. The van der Waals surface area contributed by atoms with Crippen LogP contribution in [0.3, 0.4) is 0 Å². The molecule has 2 heteroatoms. The van der Waals surface area contributed by atoms with Gasteiger partial charge in [0.2, 0.25) is 0 Å². The number of aliphatic hydroxyl groups is 1. The molecular weight excluding hydrogens is 246 g/mol. The van der Waals surface area contributed by atoms with Gasteiger partial charge in [-0.2, -0.15) is 0 Å². The van der Waals surface area contributed by atoms with Crippen LogP contribution in [-0.2, 0) is 0 Å². The van der Waals surface area contributed by atoms with Crippen molar-refractivity contribution in [1.29, 1.82) is 0 Å². The molecule has 1 heterocycles. The summed E-state index contributed by atoms with van der Waals surface area (Å²) in [5, 5.41) is 10.5. The molecule has 2 nitrogen and oxygen atoms in total. The molecule has 1 saturated heterocycles. The maximum Gasteiger partial charge on any atom is 0.0695 e. The van der Waals surface area contributed by atoms with Gasteiger partial charge >= 0.3 is 0 Å². The molecule has 1 aliphatic carbocycles. The van der Waals surface area contributed by atoms with Crippen LogP contribution in [0, 0.1) is 16.7 Å². The lowest BCUT2D eigenvalue weighted by Gasteiger charge is -2.49. The third kappa shape index (κ3) is 3.57. The number of hydrogen-bond acceptors (Lipinski definition) is 2. The lowest BCUT2D eigenvalue weighted by Crippen LogP contribution is -2.53. The van der Waals surface area contributed by atoms with Crippen LogP contribution in [0.25, 0.3) is 0 Å². The second kappa shape index (κ2) is 5.96. The van der Waals surface area contributed by atoms with Gasteiger partial charge in [-0.05, 0) is 55.4 Å². The highest BCUT2D eigenvalue weighted by Crippen LogP contribution is 2.43. The van der Waals surface area contributed by atoms with Crippen LogP contribution in [-0.4, -0.2) is 35.2 Å². The molecule has 1 aliphatic heterocycles.